The number of nitrogens with zero attached hydrogens (tertiary/aromatic N) is 4. The van der Waals surface area contributed by atoms with Crippen LogP contribution in [0, 0.1) is 11.3 Å². The van der Waals surface area contributed by atoms with Gasteiger partial charge in [0, 0.05) is 36.5 Å². The van der Waals surface area contributed by atoms with Crippen LogP contribution in [0.3, 0.4) is 0 Å². The van der Waals surface area contributed by atoms with Crippen molar-refractivity contribution in [2.75, 3.05) is 13.1 Å². The quantitative estimate of drug-likeness (QED) is 0.464. The summed E-state index contributed by atoms with van der Waals surface area (Å²) in [6.45, 7) is 1.06. The Labute approximate surface area is 202 Å². The fourth-order valence-electron chi connectivity index (χ4n) is 4.47. The first kappa shape index (κ1) is 22.2. The number of nitriles is 1. The van der Waals surface area contributed by atoms with E-state index in [4.69, 9.17) is 10.4 Å². The van der Waals surface area contributed by atoms with Crippen molar-refractivity contribution >= 4 is 17.6 Å². The van der Waals surface area contributed by atoms with Crippen LogP contribution in [0.25, 0.3) is 28.0 Å². The second kappa shape index (κ2) is 9.31. The first-order valence-corrected chi connectivity index (χ1v) is 11.4. The number of benzene rings is 2. The molecule has 0 bridgehead atoms. The Bertz CT molecular complexity index is 1430. The van der Waals surface area contributed by atoms with Gasteiger partial charge in [-0.3, -0.25) is 9.20 Å². The average molecular weight is 466 g/mol. The van der Waals surface area contributed by atoms with Gasteiger partial charge in [-0.05, 0) is 60.4 Å². The number of piperidine rings is 1. The van der Waals surface area contributed by atoms with E-state index >= 15 is 0 Å². The molecule has 0 atom stereocenters. The molecule has 35 heavy (non-hydrogen) atoms. The normalized spacial score (nSPS) is 14.0. The van der Waals surface area contributed by atoms with Gasteiger partial charge in [0.2, 0.25) is 0 Å². The third kappa shape index (κ3) is 4.57. The lowest BCUT2D eigenvalue weighted by Gasteiger charge is -2.31. The number of imidazole rings is 1. The standard InChI is InChI=1S/C27H23N5O3/c28-15-18-1-3-20(4-2-18)24-16-29-25-10-9-22(17-32(24)25)19-5-7-21(8-6-19)26(33)31-13-11-23(12-14-31)30-27(34)35/h1-10,16-17,23,30H,11-14H2,(H,34,35). The molecule has 8 heteroatoms. The van der Waals surface area contributed by atoms with Crippen molar-refractivity contribution in [3.05, 3.63) is 84.2 Å². The van der Waals surface area contributed by atoms with Gasteiger partial charge >= 0.3 is 6.09 Å². The fraction of sp³-hybridized carbons (Fsp3) is 0.185. The van der Waals surface area contributed by atoms with E-state index in [9.17, 15) is 9.59 Å². The van der Waals surface area contributed by atoms with E-state index in [0.717, 1.165) is 28.0 Å². The van der Waals surface area contributed by atoms with Crippen molar-refractivity contribution < 1.29 is 14.7 Å². The molecule has 0 unspecified atom stereocenters. The molecule has 2 amide bonds. The van der Waals surface area contributed by atoms with Crippen molar-refractivity contribution in [2.24, 2.45) is 0 Å². The summed E-state index contributed by atoms with van der Waals surface area (Å²) in [6.07, 6.45) is 4.04. The van der Waals surface area contributed by atoms with Gasteiger partial charge in [-0.1, -0.05) is 24.3 Å². The first-order chi connectivity index (χ1) is 17.0. The monoisotopic (exact) mass is 465 g/mol. The van der Waals surface area contributed by atoms with Crippen LogP contribution >= 0.6 is 0 Å². The third-order valence-corrected chi connectivity index (χ3v) is 6.39. The molecule has 0 saturated carbocycles. The molecule has 8 nitrogen and oxygen atoms in total. The Morgan fingerprint density at radius 1 is 0.943 bits per heavy atom. The average Bonchev–Trinajstić information content (AvgIpc) is 3.32. The molecule has 1 aliphatic heterocycles. The SMILES string of the molecule is N#Cc1ccc(-c2cnc3ccc(-c4ccc(C(=O)N5CCC(NC(=O)O)CC5)cc4)cn23)cc1. The van der Waals surface area contributed by atoms with Gasteiger partial charge in [0.15, 0.2) is 0 Å². The number of likely N-dealkylation sites (tertiary alicyclic amines) is 1. The maximum Gasteiger partial charge on any atom is 0.404 e. The molecule has 1 fully saturated rings. The number of carbonyl (C=O) groups is 2. The van der Waals surface area contributed by atoms with E-state index in [0.29, 0.717) is 37.1 Å². The lowest BCUT2D eigenvalue weighted by atomic mass is 10.0. The summed E-state index contributed by atoms with van der Waals surface area (Å²) in [5.41, 5.74) is 5.91. The zero-order chi connectivity index (χ0) is 24.4. The van der Waals surface area contributed by atoms with Gasteiger partial charge < -0.3 is 15.3 Å². The van der Waals surface area contributed by atoms with Crippen LogP contribution in [0.4, 0.5) is 4.79 Å². The summed E-state index contributed by atoms with van der Waals surface area (Å²) < 4.78 is 2.02. The number of aromatic nitrogens is 2. The molecular weight excluding hydrogens is 442 g/mol. The molecule has 2 N–H and O–H groups in total. The van der Waals surface area contributed by atoms with E-state index in [1.165, 1.54) is 0 Å². The zero-order valence-corrected chi connectivity index (χ0v) is 18.9. The van der Waals surface area contributed by atoms with Crippen molar-refractivity contribution in [1.29, 1.82) is 5.26 Å². The van der Waals surface area contributed by atoms with E-state index in [2.05, 4.69) is 16.4 Å². The molecule has 4 aromatic rings. The third-order valence-electron chi connectivity index (χ3n) is 6.39. The zero-order valence-electron chi connectivity index (χ0n) is 18.9. The summed E-state index contributed by atoms with van der Waals surface area (Å²) in [4.78, 5) is 30.0. The second-order valence-electron chi connectivity index (χ2n) is 8.57. The topological polar surface area (TPSA) is 111 Å². The number of rotatable bonds is 4. The second-order valence-corrected chi connectivity index (χ2v) is 8.57. The van der Waals surface area contributed by atoms with Crippen LogP contribution in [0.2, 0.25) is 0 Å². The number of carboxylic acid groups (broad SMARTS) is 1. The van der Waals surface area contributed by atoms with Gasteiger partial charge in [-0.2, -0.15) is 5.26 Å². The number of amides is 2. The summed E-state index contributed by atoms with van der Waals surface area (Å²) in [5.74, 6) is -0.0431. The molecule has 5 rings (SSSR count). The highest BCUT2D eigenvalue weighted by molar-refractivity contribution is 5.94. The molecule has 2 aromatic heterocycles. The molecule has 1 saturated heterocycles. The number of hydrogen-bond acceptors (Lipinski definition) is 4. The Kier molecular flexibility index (Phi) is 5.90. The lowest BCUT2D eigenvalue weighted by molar-refractivity contribution is 0.0706. The largest absolute Gasteiger partial charge is 0.465 e. The van der Waals surface area contributed by atoms with Crippen LogP contribution in [0.1, 0.15) is 28.8 Å². The molecule has 3 heterocycles. The predicted octanol–water partition coefficient (Wildman–Crippen LogP) is 4.41. The van der Waals surface area contributed by atoms with Gasteiger partial charge in [-0.15, -0.1) is 0 Å². The van der Waals surface area contributed by atoms with Crippen molar-refractivity contribution in [3.8, 4) is 28.5 Å². The molecule has 174 valence electrons. The van der Waals surface area contributed by atoms with Crippen molar-refractivity contribution in [3.63, 3.8) is 0 Å². The van der Waals surface area contributed by atoms with E-state index in [1.807, 2.05) is 65.3 Å². The van der Waals surface area contributed by atoms with Crippen molar-refractivity contribution in [1.82, 2.24) is 19.6 Å². The fourth-order valence-corrected chi connectivity index (χ4v) is 4.47. The maximum atomic E-state index is 12.9. The number of pyridine rings is 1. The minimum Gasteiger partial charge on any atom is -0.465 e. The highest BCUT2D eigenvalue weighted by Gasteiger charge is 2.24. The summed E-state index contributed by atoms with van der Waals surface area (Å²) in [5, 5.41) is 20.4. The number of fused-ring (bicyclic) bond motifs is 1. The van der Waals surface area contributed by atoms with Crippen molar-refractivity contribution in [2.45, 2.75) is 18.9 Å². The highest BCUT2D eigenvalue weighted by Crippen LogP contribution is 2.26. The summed E-state index contributed by atoms with van der Waals surface area (Å²) in [6, 6.07) is 20.9. The van der Waals surface area contributed by atoms with Gasteiger partial charge in [0.05, 0.1) is 23.5 Å². The molecule has 0 aliphatic carbocycles. The van der Waals surface area contributed by atoms with Gasteiger partial charge in [0.25, 0.3) is 5.91 Å². The number of hydrogen-bond donors (Lipinski definition) is 2. The van der Waals surface area contributed by atoms with E-state index in [1.54, 1.807) is 17.0 Å². The molecule has 0 radical (unpaired) electrons. The highest BCUT2D eigenvalue weighted by atomic mass is 16.4. The molecule has 1 aliphatic rings. The van der Waals surface area contributed by atoms with E-state index in [-0.39, 0.29) is 11.9 Å². The van der Waals surface area contributed by atoms with Crippen LogP contribution in [-0.4, -0.2) is 50.5 Å². The minimum atomic E-state index is -1.02. The van der Waals surface area contributed by atoms with Gasteiger partial charge in [0.1, 0.15) is 5.65 Å². The van der Waals surface area contributed by atoms with Gasteiger partial charge in [-0.25, -0.2) is 9.78 Å². The van der Waals surface area contributed by atoms with Crippen LogP contribution < -0.4 is 5.32 Å². The number of carbonyl (C=O) groups excluding carboxylic acids is 1. The van der Waals surface area contributed by atoms with Crippen LogP contribution in [-0.2, 0) is 0 Å². The maximum absolute atomic E-state index is 12.9. The molecule has 2 aromatic carbocycles. The Hall–Kier alpha value is -4.64. The Balaban J connectivity index is 1.34. The first-order valence-electron chi connectivity index (χ1n) is 11.4. The Morgan fingerprint density at radius 3 is 2.26 bits per heavy atom. The smallest absolute Gasteiger partial charge is 0.404 e. The lowest BCUT2D eigenvalue weighted by Crippen LogP contribution is -2.46. The predicted molar refractivity (Wildman–Crippen MR) is 131 cm³/mol. The van der Waals surface area contributed by atoms with E-state index < -0.39 is 6.09 Å². The molecule has 0 spiro atoms. The Morgan fingerprint density at radius 2 is 1.60 bits per heavy atom. The number of nitrogens with one attached hydrogen (secondary N) is 1. The minimum absolute atomic E-state index is 0.0431. The summed E-state index contributed by atoms with van der Waals surface area (Å²) >= 11 is 0. The summed E-state index contributed by atoms with van der Waals surface area (Å²) in [7, 11) is 0. The van der Waals surface area contributed by atoms with Crippen LogP contribution in [0.5, 0.6) is 0 Å². The molecular formula is C27H23N5O3. The van der Waals surface area contributed by atoms with Crippen LogP contribution in [0.15, 0.2) is 73.1 Å².